The normalized spacial score (nSPS) is 10.7. The average Bonchev–Trinajstić information content (AvgIpc) is 2.47. The summed E-state index contributed by atoms with van der Waals surface area (Å²) in [6.07, 6.45) is 1.59. The zero-order chi connectivity index (χ0) is 14.8. The Labute approximate surface area is 123 Å². The molecule has 0 unspecified atom stereocenters. The number of fused-ring (bicyclic) bond motifs is 1. The highest BCUT2D eigenvalue weighted by Gasteiger charge is 2.05. The zero-order valence-corrected chi connectivity index (χ0v) is 11.9. The van der Waals surface area contributed by atoms with E-state index >= 15 is 0 Å². The highest BCUT2D eigenvalue weighted by Crippen LogP contribution is 2.21. The second-order valence-corrected chi connectivity index (χ2v) is 5.57. The molecule has 1 heterocycles. The van der Waals surface area contributed by atoms with Crippen LogP contribution in [0.1, 0.15) is 11.1 Å². The van der Waals surface area contributed by atoms with Crippen molar-refractivity contribution in [1.82, 2.24) is 4.73 Å². The van der Waals surface area contributed by atoms with Gasteiger partial charge < -0.3 is 9.94 Å². The van der Waals surface area contributed by atoms with Crippen LogP contribution in [0.2, 0.25) is 0 Å². The van der Waals surface area contributed by atoms with Gasteiger partial charge in [0.1, 0.15) is 0 Å². The Morgan fingerprint density at radius 2 is 1.62 bits per heavy atom. The van der Waals surface area contributed by atoms with Gasteiger partial charge in [0.25, 0.3) is 0 Å². The molecule has 0 saturated carbocycles. The molecule has 0 aliphatic rings. The molecule has 0 bridgehead atoms. The Balaban J connectivity index is 2.22. The molecule has 21 heavy (non-hydrogen) atoms. The number of benzene rings is 2. The Morgan fingerprint density at radius 3 is 2.43 bits per heavy atom. The van der Waals surface area contributed by atoms with Gasteiger partial charge in [-0.2, -0.15) is 8.42 Å². The van der Waals surface area contributed by atoms with Gasteiger partial charge in [-0.15, -0.1) is 0 Å². The van der Waals surface area contributed by atoms with Crippen molar-refractivity contribution in [2.45, 2.75) is 6.42 Å². The first kappa shape index (κ1) is 13.5. The van der Waals surface area contributed by atoms with Gasteiger partial charge in [-0.1, -0.05) is 48.5 Å². The summed E-state index contributed by atoms with van der Waals surface area (Å²) < 4.78 is 22.7. The van der Waals surface area contributed by atoms with Crippen molar-refractivity contribution in [3.8, 4) is 0 Å². The lowest BCUT2D eigenvalue weighted by Crippen LogP contribution is -1.99. The van der Waals surface area contributed by atoms with Crippen LogP contribution in [0.5, 0.6) is 0 Å². The number of pyridine rings is 1. The Morgan fingerprint density at radius 1 is 0.905 bits per heavy atom. The van der Waals surface area contributed by atoms with Crippen LogP contribution in [0.4, 0.5) is 0 Å². The molecule has 0 fully saturated rings. The van der Waals surface area contributed by atoms with Crippen molar-refractivity contribution in [2.24, 2.45) is 0 Å². The van der Waals surface area contributed by atoms with Crippen LogP contribution in [0.25, 0.3) is 10.8 Å². The Bertz CT molecular complexity index is 974. The Kier molecular flexibility index (Phi) is 3.50. The highest BCUT2D eigenvalue weighted by atomic mass is 32.2. The monoisotopic (exact) mass is 298 g/mol. The van der Waals surface area contributed by atoms with Crippen LogP contribution in [0, 0.1) is 9.85 Å². The summed E-state index contributed by atoms with van der Waals surface area (Å²) in [5.74, 6) is 0. The molecular formula is C16H12NO3S-. The number of nitrogens with zero attached hydrogens (tertiary/aromatic N) is 1. The summed E-state index contributed by atoms with van der Waals surface area (Å²) in [5, 5.41) is 13.8. The van der Waals surface area contributed by atoms with E-state index in [4.69, 9.17) is 0 Å². The lowest BCUT2D eigenvalue weighted by Gasteiger charge is -2.13. The lowest BCUT2D eigenvalue weighted by atomic mass is 9.99. The quantitative estimate of drug-likeness (QED) is 0.683. The van der Waals surface area contributed by atoms with E-state index in [0.29, 0.717) is 16.7 Å². The molecule has 0 amide bonds. The topological polar surface area (TPSA) is 62.1 Å². The van der Waals surface area contributed by atoms with Crippen LogP contribution < -0.4 is 0 Å². The first-order chi connectivity index (χ1) is 10.2. The molecule has 3 aromatic rings. The second-order valence-electron chi connectivity index (χ2n) is 4.71. The fourth-order valence-corrected chi connectivity index (χ4v) is 3.05. The molecule has 4 nitrogen and oxygen atoms in total. The molecule has 3 rings (SSSR count). The van der Waals surface area contributed by atoms with Crippen LogP contribution in [-0.2, 0) is 16.7 Å². The smallest absolute Gasteiger partial charge is 0.238 e. The molecule has 0 radical (unpaired) electrons. The van der Waals surface area contributed by atoms with Gasteiger partial charge in [0.15, 0.2) is 4.64 Å². The predicted molar refractivity (Wildman–Crippen MR) is 82.1 cm³/mol. The zero-order valence-electron chi connectivity index (χ0n) is 11.1. The first-order valence-electron chi connectivity index (χ1n) is 6.44. The van der Waals surface area contributed by atoms with Gasteiger partial charge in [0.2, 0.25) is 10.3 Å². The van der Waals surface area contributed by atoms with Crippen molar-refractivity contribution in [3.63, 3.8) is 0 Å². The fourth-order valence-electron chi connectivity index (χ4n) is 2.48. The van der Waals surface area contributed by atoms with E-state index in [2.05, 4.69) is 0 Å². The van der Waals surface area contributed by atoms with Gasteiger partial charge in [-0.05, 0) is 34.2 Å². The molecule has 0 atom stereocenters. The van der Waals surface area contributed by atoms with Crippen molar-refractivity contribution < 1.29 is 8.42 Å². The van der Waals surface area contributed by atoms with Gasteiger partial charge in [0, 0.05) is 6.42 Å². The summed E-state index contributed by atoms with van der Waals surface area (Å²) in [7, 11) is -2.56. The summed E-state index contributed by atoms with van der Waals surface area (Å²) in [6, 6.07) is 17.0. The number of rotatable bonds is 2. The molecular weight excluding hydrogens is 286 g/mol. The third-order valence-electron chi connectivity index (χ3n) is 3.41. The molecule has 0 N–H and O–H groups in total. The molecule has 5 heteroatoms. The standard InChI is InChI=1S/C16H12NO3S/c18-17-10-4-8-14(16(17)21(19)20)11-13-7-3-6-12-5-1-2-9-15(12)13/h1-10H,11H2/q-1. The molecule has 0 aliphatic carbocycles. The van der Waals surface area contributed by atoms with Crippen LogP contribution in [-0.4, -0.2) is 13.1 Å². The third-order valence-corrected chi connectivity index (χ3v) is 4.17. The van der Waals surface area contributed by atoms with Crippen molar-refractivity contribution in [1.29, 1.82) is 0 Å². The van der Waals surface area contributed by atoms with E-state index in [0.717, 1.165) is 16.3 Å². The molecule has 0 spiro atoms. The average molecular weight is 298 g/mol. The number of hydrogen-bond acceptors (Lipinski definition) is 3. The van der Waals surface area contributed by atoms with E-state index < -0.39 is 10.3 Å². The summed E-state index contributed by atoms with van der Waals surface area (Å²) in [4.78, 5) is 0. The Hall–Kier alpha value is -2.53. The van der Waals surface area contributed by atoms with E-state index in [1.165, 1.54) is 6.20 Å². The van der Waals surface area contributed by atoms with Gasteiger partial charge >= 0.3 is 0 Å². The fraction of sp³-hybridized carbons (Fsp3) is 0.0625. The minimum atomic E-state index is -2.56. The lowest BCUT2D eigenvalue weighted by molar-refractivity contribution is 0.623. The predicted octanol–water partition coefficient (Wildman–Crippen LogP) is 2.99. The maximum atomic E-state index is 11.7. The third kappa shape index (κ3) is 2.55. The van der Waals surface area contributed by atoms with Crippen molar-refractivity contribution in [3.05, 3.63) is 81.8 Å². The highest BCUT2D eigenvalue weighted by molar-refractivity contribution is 7.63. The number of aromatic nitrogens is 1. The molecule has 0 saturated heterocycles. The summed E-state index contributed by atoms with van der Waals surface area (Å²) in [5.41, 5.74) is 1.49. The maximum Gasteiger partial charge on any atom is 0.238 e. The maximum absolute atomic E-state index is 11.7. The summed E-state index contributed by atoms with van der Waals surface area (Å²) in [6.45, 7) is 0. The van der Waals surface area contributed by atoms with Gasteiger partial charge in [-0.3, -0.25) is 0 Å². The molecule has 106 valence electrons. The van der Waals surface area contributed by atoms with Crippen LogP contribution in [0.15, 0.2) is 60.8 Å². The number of hydrogen-bond donors (Lipinski definition) is 0. The summed E-state index contributed by atoms with van der Waals surface area (Å²) >= 11 is 0. The van der Waals surface area contributed by atoms with Gasteiger partial charge in [0.05, 0.1) is 0 Å². The molecule has 0 aliphatic heterocycles. The second kappa shape index (κ2) is 5.46. The SMILES string of the molecule is O=S(=O)=c1c(Cc2cccc3ccccc23)cccn1[O-]. The van der Waals surface area contributed by atoms with E-state index in [9.17, 15) is 13.6 Å². The van der Waals surface area contributed by atoms with Gasteiger partial charge in [-0.25, -0.2) is 0 Å². The van der Waals surface area contributed by atoms with E-state index in [-0.39, 0.29) is 4.64 Å². The van der Waals surface area contributed by atoms with Crippen LogP contribution >= 0.6 is 0 Å². The molecule has 1 aromatic heterocycles. The first-order valence-corrected chi connectivity index (χ1v) is 7.51. The molecule has 2 aromatic carbocycles. The largest absolute Gasteiger partial charge is 0.805 e. The van der Waals surface area contributed by atoms with E-state index in [1.807, 2.05) is 42.5 Å². The van der Waals surface area contributed by atoms with Crippen molar-refractivity contribution >= 4 is 21.1 Å². The van der Waals surface area contributed by atoms with Crippen molar-refractivity contribution in [2.75, 3.05) is 0 Å². The minimum Gasteiger partial charge on any atom is -0.805 e. The van der Waals surface area contributed by atoms with E-state index in [1.54, 1.807) is 12.1 Å². The minimum absolute atomic E-state index is 0.217. The van der Waals surface area contributed by atoms with Crippen LogP contribution in [0.3, 0.4) is 0 Å².